The lowest BCUT2D eigenvalue weighted by Crippen LogP contribution is -2.45. The first-order valence-electron chi connectivity index (χ1n) is 14.0. The number of benzene rings is 3. The Hall–Kier alpha value is -4.24. The van der Waals surface area contributed by atoms with E-state index in [2.05, 4.69) is 43.8 Å². The third-order valence-corrected chi connectivity index (χ3v) is 7.38. The second kappa shape index (κ2) is 16.2. The van der Waals surface area contributed by atoms with Crippen LogP contribution in [0.15, 0.2) is 77.0 Å². The van der Waals surface area contributed by atoms with Crippen molar-refractivity contribution in [2.24, 2.45) is 5.10 Å². The maximum atomic E-state index is 13.6. The zero-order valence-electron chi connectivity index (χ0n) is 24.8. The normalized spacial score (nSPS) is 14.4. The number of esters is 1. The van der Waals surface area contributed by atoms with Gasteiger partial charge in [-0.05, 0) is 97.0 Å². The Bertz CT molecular complexity index is 1630. The number of hydrogen-bond donors (Lipinski definition) is 3. The Morgan fingerprint density at radius 3 is 2.60 bits per heavy atom. The van der Waals surface area contributed by atoms with E-state index in [-0.39, 0.29) is 25.6 Å². The highest BCUT2D eigenvalue weighted by Gasteiger charge is 2.32. The molecule has 0 aliphatic carbocycles. The van der Waals surface area contributed by atoms with Crippen LogP contribution in [0.1, 0.15) is 43.5 Å². The van der Waals surface area contributed by atoms with Crippen LogP contribution in [0, 0.1) is 9.39 Å². The molecule has 1 aliphatic rings. The zero-order valence-corrected chi connectivity index (χ0v) is 27.8. The minimum absolute atomic E-state index is 0.168. The number of nitrogens with one attached hydrogen (secondary N) is 3. The van der Waals surface area contributed by atoms with Crippen molar-refractivity contribution in [3.8, 4) is 17.2 Å². The first-order valence-corrected chi connectivity index (χ1v) is 15.5. The Morgan fingerprint density at radius 1 is 1.04 bits per heavy atom. The summed E-state index contributed by atoms with van der Waals surface area (Å²) < 4.78 is 37.1. The highest BCUT2D eigenvalue weighted by Crippen LogP contribution is 2.35. The van der Waals surface area contributed by atoms with Crippen LogP contribution < -0.4 is 30.3 Å². The molecule has 0 fully saturated rings. The van der Waals surface area contributed by atoms with E-state index in [0.29, 0.717) is 56.9 Å². The number of nitrogens with zero attached hydrogens (tertiary/aromatic N) is 1. The van der Waals surface area contributed by atoms with Crippen LogP contribution in [-0.4, -0.2) is 43.0 Å². The highest BCUT2D eigenvalue weighted by atomic mass is 127. The largest absolute Gasteiger partial charge is 0.490 e. The molecule has 3 aromatic rings. The summed E-state index contributed by atoms with van der Waals surface area (Å²) >= 11 is 7.44. The average molecular weight is 747 g/mol. The highest BCUT2D eigenvalue weighted by molar-refractivity contribution is 14.1. The van der Waals surface area contributed by atoms with Gasteiger partial charge >= 0.3 is 5.97 Å². The van der Waals surface area contributed by atoms with Crippen molar-refractivity contribution in [1.29, 1.82) is 0 Å². The standard InChI is InChI=1S/C32H32FIN4O6S/c1-4-41-26-15-21(14-24(34)30(26)44-17-20-9-8-10-22(33)13-20)16-35-38-27(39)18-43-25-12-7-6-11-23(25)29-28(31(40)42-5-2)19(3)36-32(45)37-29/h6-16,29H,4-5,17-18H2,1-3H3,(H,38,39)(H2,36,37,45)/t29-/m0/s1. The lowest BCUT2D eigenvalue weighted by molar-refractivity contribution is -0.139. The number of carbonyl (C=O) groups excluding carboxylic acids is 2. The molecule has 0 saturated carbocycles. The number of amides is 1. The molecule has 45 heavy (non-hydrogen) atoms. The molecule has 1 aliphatic heterocycles. The van der Waals surface area contributed by atoms with Gasteiger partial charge in [0.15, 0.2) is 23.2 Å². The van der Waals surface area contributed by atoms with Crippen LogP contribution in [0.25, 0.3) is 0 Å². The molecule has 0 radical (unpaired) electrons. The summed E-state index contributed by atoms with van der Waals surface area (Å²) in [5, 5.41) is 10.5. The molecule has 4 rings (SSSR count). The molecule has 13 heteroatoms. The Balaban J connectivity index is 1.41. The summed E-state index contributed by atoms with van der Waals surface area (Å²) in [7, 11) is 0. The molecule has 0 unspecified atom stereocenters. The predicted octanol–water partition coefficient (Wildman–Crippen LogP) is 5.29. The van der Waals surface area contributed by atoms with Crippen molar-refractivity contribution in [3.63, 3.8) is 0 Å². The molecule has 0 spiro atoms. The maximum absolute atomic E-state index is 13.6. The number of hydrogen-bond acceptors (Lipinski definition) is 8. The van der Waals surface area contributed by atoms with E-state index >= 15 is 0 Å². The molecule has 1 amide bonds. The van der Waals surface area contributed by atoms with Gasteiger partial charge in [0.25, 0.3) is 5.91 Å². The van der Waals surface area contributed by atoms with Crippen molar-refractivity contribution in [2.45, 2.75) is 33.4 Å². The molecule has 3 aromatic carbocycles. The van der Waals surface area contributed by atoms with Crippen LogP contribution in [0.2, 0.25) is 0 Å². The topological polar surface area (TPSA) is 120 Å². The van der Waals surface area contributed by atoms with Gasteiger partial charge in [-0.2, -0.15) is 5.10 Å². The lowest BCUT2D eigenvalue weighted by atomic mass is 9.95. The Labute approximate surface area is 279 Å². The Morgan fingerprint density at radius 2 is 1.84 bits per heavy atom. The minimum Gasteiger partial charge on any atom is -0.490 e. The van der Waals surface area contributed by atoms with E-state index in [4.69, 9.17) is 31.2 Å². The second-order valence-electron chi connectivity index (χ2n) is 9.59. The minimum atomic E-state index is -0.641. The lowest BCUT2D eigenvalue weighted by Gasteiger charge is -2.30. The van der Waals surface area contributed by atoms with Crippen LogP contribution in [0.3, 0.4) is 0 Å². The second-order valence-corrected chi connectivity index (χ2v) is 11.2. The van der Waals surface area contributed by atoms with Crippen LogP contribution in [0.5, 0.6) is 17.2 Å². The fraction of sp³-hybridized carbons (Fsp3) is 0.250. The average Bonchev–Trinajstić information content (AvgIpc) is 2.99. The van der Waals surface area contributed by atoms with Crippen LogP contribution >= 0.6 is 34.8 Å². The number of thiocarbonyl (C=S) groups is 1. The first-order chi connectivity index (χ1) is 21.7. The summed E-state index contributed by atoms with van der Waals surface area (Å²) in [6, 6.07) is 16.2. The SMILES string of the molecule is CCOC(=O)C1=C(C)NC(=S)N[C@H]1c1ccccc1OCC(=O)NN=Cc1cc(I)c(OCc2cccc(F)c2)c(OCC)c1. The van der Waals surface area contributed by atoms with Gasteiger partial charge in [0, 0.05) is 11.3 Å². The van der Waals surface area contributed by atoms with Gasteiger partial charge in [0.05, 0.1) is 34.6 Å². The number of hydrazone groups is 1. The van der Waals surface area contributed by atoms with Gasteiger partial charge in [0.1, 0.15) is 18.2 Å². The summed E-state index contributed by atoms with van der Waals surface area (Å²) in [5.41, 5.74) is 5.35. The zero-order chi connectivity index (χ0) is 32.3. The van der Waals surface area contributed by atoms with Crippen LogP contribution in [-0.2, 0) is 20.9 Å². The molecule has 0 saturated heterocycles. The third kappa shape index (κ3) is 9.14. The van der Waals surface area contributed by atoms with E-state index in [0.717, 1.165) is 3.57 Å². The molecule has 1 heterocycles. The molecular formula is C32H32FIN4O6S. The van der Waals surface area contributed by atoms with Crippen molar-refractivity contribution in [2.75, 3.05) is 19.8 Å². The number of para-hydroxylation sites is 1. The summed E-state index contributed by atoms with van der Waals surface area (Å²) in [6.07, 6.45) is 1.48. The number of rotatable bonds is 13. The van der Waals surface area contributed by atoms with E-state index in [1.807, 2.05) is 13.0 Å². The van der Waals surface area contributed by atoms with Crippen LogP contribution in [0.4, 0.5) is 4.39 Å². The van der Waals surface area contributed by atoms with Crippen molar-refractivity contribution < 1.29 is 32.9 Å². The molecule has 3 N–H and O–H groups in total. The van der Waals surface area contributed by atoms with E-state index < -0.39 is 17.9 Å². The van der Waals surface area contributed by atoms with Gasteiger partial charge in [0.2, 0.25) is 0 Å². The summed E-state index contributed by atoms with van der Waals surface area (Å²) in [6.45, 7) is 5.77. The molecular weight excluding hydrogens is 714 g/mol. The van der Waals surface area contributed by atoms with Crippen molar-refractivity contribution in [3.05, 3.63) is 98.0 Å². The van der Waals surface area contributed by atoms with Gasteiger partial charge in [-0.25, -0.2) is 14.6 Å². The number of carbonyl (C=O) groups is 2. The number of allylic oxidation sites excluding steroid dienone is 1. The molecule has 0 bridgehead atoms. The van der Waals surface area contributed by atoms with Gasteiger partial charge < -0.3 is 29.6 Å². The van der Waals surface area contributed by atoms with E-state index in [1.54, 1.807) is 56.3 Å². The number of halogens is 2. The van der Waals surface area contributed by atoms with Gasteiger partial charge in [-0.1, -0.05) is 30.3 Å². The molecule has 1 atom stereocenters. The maximum Gasteiger partial charge on any atom is 0.338 e. The predicted molar refractivity (Wildman–Crippen MR) is 180 cm³/mol. The number of ether oxygens (including phenoxy) is 4. The van der Waals surface area contributed by atoms with Gasteiger partial charge in [-0.3, -0.25) is 4.79 Å². The summed E-state index contributed by atoms with van der Waals surface area (Å²) in [5.74, 6) is 0.0804. The molecule has 236 valence electrons. The first kappa shape index (κ1) is 33.6. The summed E-state index contributed by atoms with van der Waals surface area (Å²) in [4.78, 5) is 25.4. The van der Waals surface area contributed by atoms with E-state index in [1.165, 1.54) is 18.3 Å². The quantitative estimate of drug-likeness (QED) is 0.0705. The molecule has 0 aromatic heterocycles. The third-order valence-electron chi connectivity index (χ3n) is 6.36. The van der Waals surface area contributed by atoms with Crippen molar-refractivity contribution >= 4 is 58.0 Å². The molecule has 10 nitrogen and oxygen atoms in total. The van der Waals surface area contributed by atoms with Gasteiger partial charge in [-0.15, -0.1) is 0 Å². The van der Waals surface area contributed by atoms with E-state index in [9.17, 15) is 14.0 Å². The fourth-order valence-electron chi connectivity index (χ4n) is 4.46. The fourth-order valence-corrected chi connectivity index (χ4v) is 5.51. The van der Waals surface area contributed by atoms with Crippen molar-refractivity contribution in [1.82, 2.24) is 16.1 Å². The monoisotopic (exact) mass is 746 g/mol. The Kier molecular flexibility index (Phi) is 12.1. The smallest absolute Gasteiger partial charge is 0.338 e.